The Balaban J connectivity index is 1.28. The smallest absolute Gasteiger partial charge is 0.296 e. The van der Waals surface area contributed by atoms with Crippen molar-refractivity contribution in [2.24, 2.45) is 11.1 Å². The third-order valence-electron chi connectivity index (χ3n) is 6.73. The summed E-state index contributed by atoms with van der Waals surface area (Å²) >= 11 is 6.55. The number of fused-ring (bicyclic) bond motifs is 1. The summed E-state index contributed by atoms with van der Waals surface area (Å²) < 4.78 is 5.92. The molecule has 2 aliphatic rings. The fourth-order valence-electron chi connectivity index (χ4n) is 4.61. The third kappa shape index (κ3) is 4.90. The second-order valence-electron chi connectivity index (χ2n) is 9.44. The van der Waals surface area contributed by atoms with Crippen molar-refractivity contribution in [2.75, 3.05) is 27.2 Å². The van der Waals surface area contributed by atoms with Gasteiger partial charge in [-0.3, -0.25) is 14.6 Å². The van der Waals surface area contributed by atoms with Crippen molar-refractivity contribution in [3.05, 3.63) is 51.9 Å². The molecule has 1 aliphatic heterocycles. The Morgan fingerprint density at radius 3 is 2.61 bits per heavy atom. The lowest BCUT2D eigenvalue weighted by molar-refractivity contribution is -0.151. The highest BCUT2D eigenvalue weighted by atomic mass is 35.5. The van der Waals surface area contributed by atoms with Gasteiger partial charge in [-0.15, -0.1) is 4.91 Å². The fraction of sp³-hybridized carbons (Fsp3) is 0.400. The molecule has 0 saturated carbocycles. The van der Waals surface area contributed by atoms with Crippen molar-refractivity contribution in [3.8, 4) is 17.3 Å². The normalized spacial score (nSPS) is 19.7. The fourth-order valence-corrected chi connectivity index (χ4v) is 4.87. The van der Waals surface area contributed by atoms with Gasteiger partial charge in [0.2, 0.25) is 0 Å². The van der Waals surface area contributed by atoms with E-state index in [0.29, 0.717) is 53.8 Å². The molecule has 11 heteroatoms. The molecule has 188 valence electrons. The van der Waals surface area contributed by atoms with E-state index in [4.69, 9.17) is 16.3 Å². The number of likely N-dealkylation sites (tertiary alicyclic amines) is 1. The van der Waals surface area contributed by atoms with Crippen molar-refractivity contribution in [1.82, 2.24) is 24.8 Å². The zero-order valence-electron chi connectivity index (χ0n) is 20.0. The molecule has 3 heterocycles. The standard InChI is InChI=1S/C25H27ClN6O4/c1-31(2)25(34)32-12-18(13-32)36-24-27-20-11-19(26)21(28-22(20)29-24)16-7-3-14(4-8-16)15-5-9-17(10-6-15)23(33)30-35/h3-5,7-8,11,17-18,25,34H,6,9-10,12-13H2,1-2H3,(H,27,28,29). The van der Waals surface area contributed by atoms with Crippen LogP contribution in [0.1, 0.15) is 24.8 Å². The molecule has 3 aromatic rings. The first-order chi connectivity index (χ1) is 17.3. The largest absolute Gasteiger partial charge is 0.459 e. The van der Waals surface area contributed by atoms with Gasteiger partial charge >= 0.3 is 0 Å². The number of nitrogens with one attached hydrogen (secondary N) is 1. The maximum Gasteiger partial charge on any atom is 0.296 e. The Bertz CT molecular complexity index is 1320. The minimum atomic E-state index is -0.634. The number of aromatic nitrogens is 3. The molecule has 1 aliphatic carbocycles. The van der Waals surface area contributed by atoms with Gasteiger partial charge in [-0.2, -0.15) is 4.98 Å². The highest BCUT2D eigenvalue weighted by Gasteiger charge is 2.34. The number of H-pyrrole nitrogens is 1. The van der Waals surface area contributed by atoms with Crippen molar-refractivity contribution in [2.45, 2.75) is 31.7 Å². The number of nitroso groups, excluding NO2 is 1. The molecular formula is C25H27ClN6O4. The first-order valence-corrected chi connectivity index (χ1v) is 12.2. The molecule has 2 unspecified atom stereocenters. The number of allylic oxidation sites excluding steroid dienone is 2. The van der Waals surface area contributed by atoms with Crippen LogP contribution in [0.3, 0.4) is 0 Å². The summed E-state index contributed by atoms with van der Waals surface area (Å²) in [6, 6.07) is 10.1. The first kappa shape index (κ1) is 24.5. The van der Waals surface area contributed by atoms with Crippen LogP contribution in [0.5, 0.6) is 6.01 Å². The minimum absolute atomic E-state index is 0.0696. The summed E-state index contributed by atoms with van der Waals surface area (Å²) in [5.41, 5.74) is 4.88. The van der Waals surface area contributed by atoms with Crippen LogP contribution in [-0.2, 0) is 4.79 Å². The van der Waals surface area contributed by atoms with E-state index in [1.807, 2.05) is 49.3 Å². The van der Waals surface area contributed by atoms with E-state index in [9.17, 15) is 14.8 Å². The van der Waals surface area contributed by atoms with Crippen LogP contribution in [-0.4, -0.2) is 75.4 Å². The van der Waals surface area contributed by atoms with Gasteiger partial charge in [-0.05, 0) is 50.6 Å². The van der Waals surface area contributed by atoms with E-state index in [2.05, 4.69) is 20.1 Å². The Kier molecular flexibility index (Phi) is 6.85. The molecule has 0 radical (unpaired) electrons. The van der Waals surface area contributed by atoms with Crippen LogP contribution >= 0.6 is 11.6 Å². The Labute approximate surface area is 212 Å². The zero-order chi connectivity index (χ0) is 25.4. The summed E-state index contributed by atoms with van der Waals surface area (Å²) in [6.45, 7) is 1.20. The molecular weight excluding hydrogens is 484 g/mol. The predicted molar refractivity (Wildman–Crippen MR) is 136 cm³/mol. The SMILES string of the molecule is CN(C)C(O)N1CC(Oc2nc3nc(-c4ccc(C5=CCC(C(=O)N=O)CC5)cc4)c(Cl)cc3[nH]2)C1. The second kappa shape index (κ2) is 10.1. The van der Waals surface area contributed by atoms with Crippen LogP contribution in [0.2, 0.25) is 5.02 Å². The number of amides is 1. The highest BCUT2D eigenvalue weighted by Crippen LogP contribution is 2.34. The average molecular weight is 511 g/mol. The van der Waals surface area contributed by atoms with Gasteiger partial charge in [-0.25, -0.2) is 4.98 Å². The monoisotopic (exact) mass is 510 g/mol. The number of aliphatic hydroxyl groups is 1. The zero-order valence-corrected chi connectivity index (χ0v) is 20.8. The Morgan fingerprint density at radius 1 is 1.25 bits per heavy atom. The molecule has 2 N–H and O–H groups in total. The number of hydrogen-bond donors (Lipinski definition) is 2. The Morgan fingerprint density at radius 2 is 1.97 bits per heavy atom. The molecule has 0 spiro atoms. The lowest BCUT2D eigenvalue weighted by Crippen LogP contribution is -2.61. The topological polar surface area (TPSA) is 124 Å². The van der Waals surface area contributed by atoms with Crippen molar-refractivity contribution in [1.29, 1.82) is 0 Å². The van der Waals surface area contributed by atoms with Gasteiger partial charge in [-0.1, -0.05) is 41.9 Å². The molecule has 0 bridgehead atoms. The number of rotatable bonds is 7. The van der Waals surface area contributed by atoms with E-state index in [-0.39, 0.29) is 12.0 Å². The number of carbonyl (C=O) groups is 1. The summed E-state index contributed by atoms with van der Waals surface area (Å²) in [7, 11) is 3.64. The number of benzene rings is 1. The molecule has 1 aromatic carbocycles. The number of pyridine rings is 1. The molecule has 36 heavy (non-hydrogen) atoms. The summed E-state index contributed by atoms with van der Waals surface area (Å²) in [4.78, 5) is 37.9. The maximum atomic E-state index is 11.5. The van der Waals surface area contributed by atoms with E-state index in [1.54, 1.807) is 11.0 Å². The number of carbonyl (C=O) groups excluding carboxylic acids is 1. The van der Waals surface area contributed by atoms with Crippen LogP contribution in [0.15, 0.2) is 41.6 Å². The van der Waals surface area contributed by atoms with Crippen LogP contribution in [0.4, 0.5) is 0 Å². The summed E-state index contributed by atoms with van der Waals surface area (Å²) in [5, 5.41) is 13.1. The Hall–Kier alpha value is -3.18. The summed E-state index contributed by atoms with van der Waals surface area (Å²) in [5.74, 6) is -0.877. The van der Waals surface area contributed by atoms with E-state index in [0.717, 1.165) is 23.1 Å². The van der Waals surface area contributed by atoms with Crippen LogP contribution in [0.25, 0.3) is 28.0 Å². The number of hydrogen-bond acceptors (Lipinski definition) is 8. The van der Waals surface area contributed by atoms with Gasteiger partial charge in [0, 0.05) is 29.7 Å². The summed E-state index contributed by atoms with van der Waals surface area (Å²) in [6.07, 6.45) is 3.19. The van der Waals surface area contributed by atoms with E-state index >= 15 is 0 Å². The van der Waals surface area contributed by atoms with E-state index in [1.165, 1.54) is 0 Å². The van der Waals surface area contributed by atoms with Gasteiger partial charge in [0.15, 0.2) is 12.0 Å². The van der Waals surface area contributed by atoms with Crippen molar-refractivity contribution < 1.29 is 14.6 Å². The predicted octanol–water partition coefficient (Wildman–Crippen LogP) is 3.66. The first-order valence-electron chi connectivity index (χ1n) is 11.8. The molecule has 5 rings (SSSR count). The van der Waals surface area contributed by atoms with Gasteiger partial charge < -0.3 is 14.8 Å². The number of aliphatic hydroxyl groups excluding tert-OH is 1. The van der Waals surface area contributed by atoms with Crippen LogP contribution in [0, 0.1) is 10.8 Å². The molecule has 10 nitrogen and oxygen atoms in total. The third-order valence-corrected chi connectivity index (χ3v) is 7.02. The lowest BCUT2D eigenvalue weighted by atomic mass is 9.86. The quantitative estimate of drug-likeness (QED) is 0.364. The second-order valence-corrected chi connectivity index (χ2v) is 9.85. The van der Waals surface area contributed by atoms with Gasteiger partial charge in [0.05, 0.1) is 16.2 Å². The molecule has 2 aromatic heterocycles. The molecule has 1 amide bonds. The van der Waals surface area contributed by atoms with E-state index < -0.39 is 12.3 Å². The number of nitrogens with zero attached hydrogens (tertiary/aromatic N) is 5. The number of aromatic amines is 1. The maximum absolute atomic E-state index is 11.5. The minimum Gasteiger partial charge on any atom is -0.459 e. The van der Waals surface area contributed by atoms with Gasteiger partial charge in [0.1, 0.15) is 6.10 Å². The van der Waals surface area contributed by atoms with Crippen molar-refractivity contribution in [3.63, 3.8) is 0 Å². The number of imidazole rings is 1. The number of halogens is 1. The lowest BCUT2D eigenvalue weighted by Gasteiger charge is -2.42. The number of ether oxygens (including phenoxy) is 1. The van der Waals surface area contributed by atoms with Crippen LogP contribution < -0.4 is 4.74 Å². The van der Waals surface area contributed by atoms with Crippen molar-refractivity contribution >= 4 is 34.2 Å². The van der Waals surface area contributed by atoms with Gasteiger partial charge in [0.25, 0.3) is 11.9 Å². The highest BCUT2D eigenvalue weighted by molar-refractivity contribution is 6.33. The molecule has 2 atom stereocenters. The average Bonchev–Trinajstić information content (AvgIpc) is 3.26. The molecule has 1 saturated heterocycles. The molecule has 1 fully saturated rings.